The van der Waals surface area contributed by atoms with E-state index in [0.717, 1.165) is 56.1 Å². The van der Waals surface area contributed by atoms with Gasteiger partial charge in [0.1, 0.15) is 5.66 Å². The number of hydrogen-bond donors (Lipinski definition) is 2. The number of unbranched alkanes of at least 4 members (excludes halogenated alkanes) is 6. The smallest absolute Gasteiger partial charge is 0.189 e. The molecule has 0 unspecified atom stereocenters. The first-order valence-corrected chi connectivity index (χ1v) is 11.6. The summed E-state index contributed by atoms with van der Waals surface area (Å²) >= 11 is 0. The molecular formula is C28H36N2O2. The minimum absolute atomic E-state index is 0.182. The van der Waals surface area contributed by atoms with Gasteiger partial charge in [-0.15, -0.1) is 0 Å². The van der Waals surface area contributed by atoms with Gasteiger partial charge in [-0.2, -0.15) is 0 Å². The molecular weight excluding hydrogens is 396 g/mol. The zero-order chi connectivity index (χ0) is 23.1. The lowest BCUT2D eigenvalue weighted by atomic mass is 9.97. The molecule has 2 aromatic rings. The third-order valence-corrected chi connectivity index (χ3v) is 5.46. The number of ketones is 2. The van der Waals surface area contributed by atoms with E-state index in [1.165, 1.54) is 6.08 Å². The predicted octanol–water partition coefficient (Wildman–Crippen LogP) is 5.68. The summed E-state index contributed by atoms with van der Waals surface area (Å²) in [5, 5.41) is 0. The van der Waals surface area contributed by atoms with Crippen molar-refractivity contribution in [3.05, 3.63) is 83.9 Å². The van der Waals surface area contributed by atoms with Crippen molar-refractivity contribution in [3.63, 3.8) is 0 Å². The fourth-order valence-electron chi connectivity index (χ4n) is 3.45. The molecule has 0 atom stereocenters. The molecule has 0 bridgehead atoms. The molecule has 0 aliphatic heterocycles. The van der Waals surface area contributed by atoms with E-state index >= 15 is 0 Å². The summed E-state index contributed by atoms with van der Waals surface area (Å²) < 4.78 is 0. The molecule has 0 amide bonds. The molecule has 2 rings (SSSR count). The quantitative estimate of drug-likeness (QED) is 0.215. The Bertz CT molecular complexity index is 871. The number of carbonyl (C=O) groups is 2. The molecule has 0 fully saturated rings. The topological polar surface area (TPSA) is 86.2 Å². The van der Waals surface area contributed by atoms with Gasteiger partial charge in [0.15, 0.2) is 11.6 Å². The van der Waals surface area contributed by atoms with Crippen LogP contribution in [0.2, 0.25) is 0 Å². The van der Waals surface area contributed by atoms with Crippen LogP contribution in [0.3, 0.4) is 0 Å². The van der Waals surface area contributed by atoms with Crippen molar-refractivity contribution in [1.82, 2.24) is 0 Å². The molecule has 0 radical (unpaired) electrons. The zero-order valence-electron chi connectivity index (χ0n) is 18.9. The second-order valence-corrected chi connectivity index (χ2v) is 8.33. The highest BCUT2D eigenvalue weighted by Gasteiger charge is 2.25. The molecule has 170 valence electrons. The lowest BCUT2D eigenvalue weighted by Gasteiger charge is -2.21. The average Bonchev–Trinajstić information content (AvgIpc) is 2.81. The van der Waals surface area contributed by atoms with E-state index in [2.05, 4.69) is 0 Å². The van der Waals surface area contributed by atoms with Crippen molar-refractivity contribution in [3.8, 4) is 0 Å². The first-order chi connectivity index (χ1) is 15.5. The second kappa shape index (κ2) is 14.3. The van der Waals surface area contributed by atoms with Gasteiger partial charge in [0.2, 0.25) is 0 Å². The summed E-state index contributed by atoms with van der Waals surface area (Å²) in [4.78, 5) is 24.2. The summed E-state index contributed by atoms with van der Waals surface area (Å²) in [6.07, 6.45) is 15.0. The zero-order valence-corrected chi connectivity index (χ0v) is 18.9. The van der Waals surface area contributed by atoms with Crippen molar-refractivity contribution in [2.24, 2.45) is 11.5 Å². The molecule has 4 N–H and O–H groups in total. The first kappa shape index (κ1) is 25.4. The molecule has 0 aliphatic carbocycles. The van der Waals surface area contributed by atoms with Crippen molar-refractivity contribution >= 4 is 23.7 Å². The van der Waals surface area contributed by atoms with Gasteiger partial charge in [-0.3, -0.25) is 9.59 Å². The lowest BCUT2D eigenvalue weighted by molar-refractivity contribution is -0.119. The van der Waals surface area contributed by atoms with Crippen LogP contribution in [0.1, 0.15) is 68.9 Å². The molecule has 2 aromatic carbocycles. The minimum Gasteiger partial charge on any atom is -0.307 e. The SMILES string of the molecule is NC(N)(CCCCCCCCCC(=O)C=Cc1ccccc1)C(=O)C=Cc1ccccc1. The Morgan fingerprint density at radius 2 is 1.12 bits per heavy atom. The Morgan fingerprint density at radius 3 is 1.69 bits per heavy atom. The highest BCUT2D eigenvalue weighted by Crippen LogP contribution is 2.14. The number of carbonyl (C=O) groups excluding carboxylic acids is 2. The Morgan fingerprint density at radius 1 is 0.656 bits per heavy atom. The van der Waals surface area contributed by atoms with Gasteiger partial charge in [0.05, 0.1) is 0 Å². The average molecular weight is 433 g/mol. The molecule has 4 nitrogen and oxygen atoms in total. The van der Waals surface area contributed by atoms with Gasteiger partial charge in [0, 0.05) is 6.42 Å². The van der Waals surface area contributed by atoms with Gasteiger partial charge >= 0.3 is 0 Å². The number of allylic oxidation sites excluding steroid dienone is 1. The van der Waals surface area contributed by atoms with Crippen LogP contribution >= 0.6 is 0 Å². The maximum atomic E-state index is 12.3. The molecule has 32 heavy (non-hydrogen) atoms. The molecule has 0 saturated carbocycles. The van der Waals surface area contributed by atoms with Gasteiger partial charge in [0.25, 0.3) is 0 Å². The van der Waals surface area contributed by atoms with Crippen LogP contribution in [0.4, 0.5) is 0 Å². The van der Waals surface area contributed by atoms with E-state index < -0.39 is 5.66 Å². The number of rotatable bonds is 15. The normalized spacial score (nSPS) is 11.9. The number of hydrogen-bond acceptors (Lipinski definition) is 4. The van der Waals surface area contributed by atoms with Gasteiger partial charge in [-0.1, -0.05) is 105 Å². The van der Waals surface area contributed by atoms with Crippen molar-refractivity contribution < 1.29 is 9.59 Å². The van der Waals surface area contributed by atoms with E-state index in [1.54, 1.807) is 12.2 Å². The second-order valence-electron chi connectivity index (χ2n) is 8.33. The van der Waals surface area contributed by atoms with Crippen LogP contribution in [0.5, 0.6) is 0 Å². The minimum atomic E-state index is -1.31. The summed E-state index contributed by atoms with van der Waals surface area (Å²) in [6, 6.07) is 19.5. The molecule has 0 heterocycles. The Labute approximate surface area is 192 Å². The highest BCUT2D eigenvalue weighted by molar-refractivity contribution is 6.00. The third-order valence-electron chi connectivity index (χ3n) is 5.46. The molecule has 4 heteroatoms. The Kier molecular flexibility index (Phi) is 11.4. The summed E-state index contributed by atoms with van der Waals surface area (Å²) in [7, 11) is 0. The first-order valence-electron chi connectivity index (χ1n) is 11.6. The number of benzene rings is 2. The molecule has 0 spiro atoms. The molecule has 0 saturated heterocycles. The van der Waals surface area contributed by atoms with Crippen LogP contribution in [0.25, 0.3) is 12.2 Å². The fourth-order valence-corrected chi connectivity index (χ4v) is 3.45. The van der Waals surface area contributed by atoms with Crippen LogP contribution < -0.4 is 11.5 Å². The third kappa shape index (κ3) is 10.5. The standard InChI is InChI=1S/C28H36N2O2/c29-28(30,27(32)22-20-25-16-10-7-11-17-25)23-13-5-3-1-2-4-12-18-26(31)21-19-24-14-8-6-9-15-24/h6-11,14-17,19-22H,1-5,12-13,18,23,29-30H2. The van der Waals surface area contributed by atoms with Crippen LogP contribution in [-0.4, -0.2) is 17.2 Å². The maximum Gasteiger partial charge on any atom is 0.189 e. The van der Waals surface area contributed by atoms with E-state index in [9.17, 15) is 9.59 Å². The monoisotopic (exact) mass is 432 g/mol. The summed E-state index contributed by atoms with van der Waals surface area (Å²) in [5.41, 5.74) is 12.8. The number of nitrogens with two attached hydrogens (primary N) is 2. The molecule has 0 aromatic heterocycles. The van der Waals surface area contributed by atoms with Crippen LogP contribution in [0, 0.1) is 0 Å². The van der Waals surface area contributed by atoms with E-state index in [1.807, 2.05) is 66.7 Å². The highest BCUT2D eigenvalue weighted by atomic mass is 16.1. The van der Waals surface area contributed by atoms with Crippen molar-refractivity contribution in [2.45, 2.75) is 63.5 Å². The van der Waals surface area contributed by atoms with Gasteiger partial charge in [-0.25, -0.2) is 0 Å². The summed E-state index contributed by atoms with van der Waals surface area (Å²) in [6.45, 7) is 0. The van der Waals surface area contributed by atoms with Crippen LogP contribution in [-0.2, 0) is 9.59 Å². The van der Waals surface area contributed by atoms with E-state index in [4.69, 9.17) is 11.5 Å². The predicted molar refractivity (Wildman–Crippen MR) is 134 cm³/mol. The van der Waals surface area contributed by atoms with E-state index in [0.29, 0.717) is 12.8 Å². The van der Waals surface area contributed by atoms with Gasteiger partial charge < -0.3 is 11.5 Å². The lowest BCUT2D eigenvalue weighted by Crippen LogP contribution is -2.55. The van der Waals surface area contributed by atoms with Crippen molar-refractivity contribution in [2.75, 3.05) is 0 Å². The Hall–Kier alpha value is -2.82. The van der Waals surface area contributed by atoms with Crippen LogP contribution in [0.15, 0.2) is 72.8 Å². The Balaban J connectivity index is 1.50. The maximum absolute atomic E-state index is 12.3. The van der Waals surface area contributed by atoms with Gasteiger partial charge in [-0.05, 0) is 42.5 Å². The fraction of sp³-hybridized carbons (Fsp3) is 0.357. The van der Waals surface area contributed by atoms with Crippen molar-refractivity contribution in [1.29, 1.82) is 0 Å². The largest absolute Gasteiger partial charge is 0.307 e. The molecule has 0 aliphatic rings. The van der Waals surface area contributed by atoms with E-state index in [-0.39, 0.29) is 11.6 Å². The summed E-state index contributed by atoms with van der Waals surface area (Å²) in [5.74, 6) is -0.0607.